The highest BCUT2D eigenvalue weighted by atomic mass is 16.2. The van der Waals surface area contributed by atoms with E-state index in [2.05, 4.69) is 11.2 Å². The molecule has 1 atom stereocenters. The molecule has 1 aromatic rings. The van der Waals surface area contributed by atoms with Gasteiger partial charge in [0.15, 0.2) is 0 Å². The van der Waals surface area contributed by atoms with Crippen LogP contribution in [0.1, 0.15) is 30.6 Å². The van der Waals surface area contributed by atoms with Crippen LogP contribution in [0, 0.1) is 12.3 Å². The lowest BCUT2D eigenvalue weighted by atomic mass is 10.1. The molecule has 0 aliphatic carbocycles. The fraction of sp³-hybridized carbons (Fsp3) is 0.375. The number of nitrogens with zero attached hydrogens (tertiary/aromatic N) is 1. The van der Waals surface area contributed by atoms with E-state index >= 15 is 0 Å². The number of anilines is 1. The molecular weight excluding hydrogens is 266 g/mol. The summed E-state index contributed by atoms with van der Waals surface area (Å²) in [7, 11) is 0. The number of carbonyl (C=O) groups is 2. The molecule has 1 unspecified atom stereocenters. The van der Waals surface area contributed by atoms with Crippen molar-refractivity contribution < 1.29 is 9.59 Å². The monoisotopic (exact) mass is 287 g/mol. The van der Waals surface area contributed by atoms with Crippen LogP contribution >= 0.6 is 0 Å². The van der Waals surface area contributed by atoms with E-state index in [9.17, 15) is 9.59 Å². The van der Waals surface area contributed by atoms with Gasteiger partial charge in [0.2, 0.25) is 5.91 Å². The highest BCUT2D eigenvalue weighted by molar-refractivity contribution is 5.97. The van der Waals surface area contributed by atoms with Crippen molar-refractivity contribution in [2.24, 2.45) is 5.73 Å². The minimum Gasteiger partial charge on any atom is -0.339 e. The molecule has 1 rings (SSSR count). The molecule has 21 heavy (non-hydrogen) atoms. The normalized spacial score (nSPS) is 11.3. The summed E-state index contributed by atoms with van der Waals surface area (Å²) in [5.74, 6) is 1.98. The number of carbonyl (C=O) groups excluding carboxylic acids is 2. The first-order valence-corrected chi connectivity index (χ1v) is 6.92. The van der Waals surface area contributed by atoms with E-state index < -0.39 is 6.04 Å². The number of amides is 2. The summed E-state index contributed by atoms with van der Waals surface area (Å²) in [6, 6.07) is 5.99. The Labute approximate surface area is 125 Å². The van der Waals surface area contributed by atoms with Gasteiger partial charge in [-0.15, -0.1) is 12.3 Å². The van der Waals surface area contributed by atoms with Gasteiger partial charge in [0.05, 0.1) is 6.04 Å². The van der Waals surface area contributed by atoms with Gasteiger partial charge in [-0.1, -0.05) is 0 Å². The topological polar surface area (TPSA) is 75.4 Å². The summed E-state index contributed by atoms with van der Waals surface area (Å²) in [4.78, 5) is 25.6. The van der Waals surface area contributed by atoms with Crippen molar-refractivity contribution >= 4 is 17.5 Å². The van der Waals surface area contributed by atoms with Crippen LogP contribution in [0.15, 0.2) is 24.3 Å². The van der Waals surface area contributed by atoms with Crippen LogP contribution in [0.25, 0.3) is 0 Å². The standard InChI is InChI=1S/C16H21N3O2/c1-4-7-14(17)15(20)18-13-10-8-12(9-11-13)16(21)19(5-2)6-3/h1,8-11,14H,5-7,17H2,2-3H3,(H,18,20). The largest absolute Gasteiger partial charge is 0.339 e. The van der Waals surface area contributed by atoms with Crippen LogP contribution < -0.4 is 11.1 Å². The summed E-state index contributed by atoms with van der Waals surface area (Å²) in [6.07, 6.45) is 5.30. The Morgan fingerprint density at radius 2 is 1.86 bits per heavy atom. The quantitative estimate of drug-likeness (QED) is 0.778. The molecule has 112 valence electrons. The van der Waals surface area contributed by atoms with Crippen LogP contribution in [0.5, 0.6) is 0 Å². The zero-order valence-electron chi connectivity index (χ0n) is 12.4. The third-order valence-electron chi connectivity index (χ3n) is 3.12. The molecule has 0 spiro atoms. The molecule has 0 saturated carbocycles. The van der Waals surface area contributed by atoms with E-state index in [-0.39, 0.29) is 18.2 Å². The Morgan fingerprint density at radius 1 is 1.29 bits per heavy atom. The Hall–Kier alpha value is -2.32. The van der Waals surface area contributed by atoms with Gasteiger partial charge in [-0.3, -0.25) is 9.59 Å². The summed E-state index contributed by atoms with van der Waals surface area (Å²) in [5.41, 5.74) is 6.79. The first-order chi connectivity index (χ1) is 10.0. The van der Waals surface area contributed by atoms with Crippen LogP contribution in [0.3, 0.4) is 0 Å². The van der Waals surface area contributed by atoms with E-state index in [4.69, 9.17) is 12.2 Å². The SMILES string of the molecule is C#CCC(N)C(=O)Nc1ccc(C(=O)N(CC)CC)cc1. The van der Waals surface area contributed by atoms with Gasteiger partial charge in [0.1, 0.15) is 0 Å². The molecule has 0 radical (unpaired) electrons. The summed E-state index contributed by atoms with van der Waals surface area (Å²) < 4.78 is 0. The number of terminal acetylenes is 1. The third kappa shape index (κ3) is 4.62. The molecule has 5 heteroatoms. The van der Waals surface area contributed by atoms with Gasteiger partial charge in [-0.25, -0.2) is 0 Å². The van der Waals surface area contributed by atoms with E-state index in [1.54, 1.807) is 29.2 Å². The molecule has 0 aromatic heterocycles. The van der Waals surface area contributed by atoms with Gasteiger partial charge in [-0.05, 0) is 38.1 Å². The molecule has 0 bridgehead atoms. The Kier molecular flexibility index (Phi) is 6.44. The first-order valence-electron chi connectivity index (χ1n) is 6.92. The molecule has 0 aliphatic heterocycles. The number of benzene rings is 1. The molecule has 0 aliphatic rings. The second kappa shape index (κ2) is 8.08. The van der Waals surface area contributed by atoms with Crippen molar-refractivity contribution in [2.75, 3.05) is 18.4 Å². The maximum Gasteiger partial charge on any atom is 0.253 e. The van der Waals surface area contributed by atoms with Gasteiger partial charge >= 0.3 is 0 Å². The third-order valence-corrected chi connectivity index (χ3v) is 3.12. The summed E-state index contributed by atoms with van der Waals surface area (Å²) in [6.45, 7) is 5.19. The lowest BCUT2D eigenvalue weighted by Gasteiger charge is -2.18. The van der Waals surface area contributed by atoms with E-state index in [1.165, 1.54) is 0 Å². The minimum absolute atomic E-state index is 0.0260. The van der Waals surface area contributed by atoms with Crippen molar-refractivity contribution in [1.29, 1.82) is 0 Å². The number of nitrogens with two attached hydrogens (primary N) is 1. The van der Waals surface area contributed by atoms with Crippen molar-refractivity contribution in [1.82, 2.24) is 4.90 Å². The lowest BCUT2D eigenvalue weighted by molar-refractivity contribution is -0.117. The molecular formula is C16H21N3O2. The number of rotatable bonds is 6. The van der Waals surface area contributed by atoms with Gasteiger partial charge in [0.25, 0.3) is 5.91 Å². The van der Waals surface area contributed by atoms with E-state index in [0.717, 1.165) is 0 Å². The highest BCUT2D eigenvalue weighted by Crippen LogP contribution is 2.12. The smallest absolute Gasteiger partial charge is 0.253 e. The predicted octanol–water partition coefficient (Wildman–Crippen LogP) is 1.46. The second-order valence-corrected chi connectivity index (χ2v) is 4.56. The average Bonchev–Trinajstić information content (AvgIpc) is 2.49. The van der Waals surface area contributed by atoms with Crippen molar-refractivity contribution in [3.05, 3.63) is 29.8 Å². The zero-order valence-corrected chi connectivity index (χ0v) is 12.4. The van der Waals surface area contributed by atoms with Crippen molar-refractivity contribution in [3.63, 3.8) is 0 Å². The maximum absolute atomic E-state index is 12.1. The molecule has 1 aromatic carbocycles. The highest BCUT2D eigenvalue weighted by Gasteiger charge is 2.14. The van der Waals surface area contributed by atoms with Crippen LogP contribution in [0.2, 0.25) is 0 Å². The maximum atomic E-state index is 12.1. The Balaban J connectivity index is 2.73. The molecule has 0 heterocycles. The van der Waals surface area contributed by atoms with Crippen LogP contribution in [-0.4, -0.2) is 35.8 Å². The second-order valence-electron chi connectivity index (χ2n) is 4.56. The average molecular weight is 287 g/mol. The number of hydrogen-bond acceptors (Lipinski definition) is 3. The number of hydrogen-bond donors (Lipinski definition) is 2. The van der Waals surface area contributed by atoms with Crippen LogP contribution in [0.4, 0.5) is 5.69 Å². The fourth-order valence-corrected chi connectivity index (χ4v) is 1.84. The summed E-state index contributed by atoms with van der Waals surface area (Å²) in [5, 5.41) is 2.67. The molecule has 0 saturated heterocycles. The fourth-order valence-electron chi connectivity index (χ4n) is 1.84. The lowest BCUT2D eigenvalue weighted by Crippen LogP contribution is -2.35. The van der Waals surface area contributed by atoms with E-state index in [1.807, 2.05) is 13.8 Å². The van der Waals surface area contributed by atoms with Crippen molar-refractivity contribution in [3.8, 4) is 12.3 Å². The molecule has 2 amide bonds. The Bertz CT molecular complexity index is 527. The van der Waals surface area contributed by atoms with E-state index in [0.29, 0.717) is 24.3 Å². The molecule has 0 fully saturated rings. The van der Waals surface area contributed by atoms with Gasteiger partial charge in [-0.2, -0.15) is 0 Å². The number of nitrogens with one attached hydrogen (secondary N) is 1. The van der Waals surface area contributed by atoms with Crippen LogP contribution in [-0.2, 0) is 4.79 Å². The van der Waals surface area contributed by atoms with Gasteiger partial charge < -0.3 is 16.0 Å². The van der Waals surface area contributed by atoms with Gasteiger partial charge in [0, 0.05) is 30.8 Å². The molecule has 5 nitrogen and oxygen atoms in total. The Morgan fingerprint density at radius 3 is 2.33 bits per heavy atom. The zero-order chi connectivity index (χ0) is 15.8. The summed E-state index contributed by atoms with van der Waals surface area (Å²) >= 11 is 0. The first kappa shape index (κ1) is 16.7. The molecule has 3 N–H and O–H groups in total. The van der Waals surface area contributed by atoms with Crippen molar-refractivity contribution in [2.45, 2.75) is 26.3 Å². The minimum atomic E-state index is -0.730. The predicted molar refractivity (Wildman–Crippen MR) is 83.7 cm³/mol.